The lowest BCUT2D eigenvalue weighted by Crippen LogP contribution is -2.46. The summed E-state index contributed by atoms with van der Waals surface area (Å²) in [7, 11) is 1.72. The Labute approximate surface area is 241 Å². The molecule has 2 aromatic carbocycles. The Morgan fingerprint density at radius 3 is 2.35 bits per heavy atom. The zero-order valence-electron chi connectivity index (χ0n) is 22.4. The molecule has 40 heavy (non-hydrogen) atoms. The molecule has 0 radical (unpaired) electrons. The average Bonchev–Trinajstić information content (AvgIpc) is 3.36. The summed E-state index contributed by atoms with van der Waals surface area (Å²) in [6.07, 6.45) is -0.354. The van der Waals surface area contributed by atoms with Gasteiger partial charge in [0.05, 0.1) is 0 Å². The van der Waals surface area contributed by atoms with Crippen molar-refractivity contribution in [2.75, 3.05) is 24.2 Å². The number of nitrogens with zero attached hydrogens (tertiary/aromatic N) is 2. The first-order valence-electron chi connectivity index (χ1n) is 12.5. The molecular formula is C27H34ClF3N4O4S. The van der Waals surface area contributed by atoms with Crippen LogP contribution in [0.5, 0.6) is 0 Å². The monoisotopic (exact) mass is 602 g/mol. The number of hydrogen-bond donors (Lipinski definition) is 3. The third-order valence-corrected chi connectivity index (χ3v) is 7.76. The average molecular weight is 603 g/mol. The van der Waals surface area contributed by atoms with Crippen LogP contribution in [-0.2, 0) is 27.3 Å². The second kappa shape index (κ2) is 14.6. The fraction of sp³-hybridized carbons (Fsp3) is 0.444. The van der Waals surface area contributed by atoms with Crippen LogP contribution in [0.1, 0.15) is 31.4 Å². The summed E-state index contributed by atoms with van der Waals surface area (Å²) in [5.74, 6) is -4.62. The molecule has 220 valence electrons. The molecule has 3 rings (SSSR count). The number of nitrogens with one attached hydrogen (secondary N) is 1. The molecule has 0 aliphatic carbocycles. The predicted molar refractivity (Wildman–Crippen MR) is 151 cm³/mol. The lowest BCUT2D eigenvalue weighted by atomic mass is 10.0. The highest BCUT2D eigenvalue weighted by molar-refractivity contribution is 8.00. The standard InChI is InChI=1S/C27H33F3N4O4S.ClH/c1-15(2)24(27(37)38)33(3)19-6-4-16(5-7-19)14-32-25(36)26-34(8-9-39-26)23(35)12-18(31)10-17-11-21(29)22(30)13-20(17)28;/h4-7,11,13,15,18,24,26H,8-10,12,14,31H2,1-3H3,(H,32,36)(H,37,38);1H/t18-,24?,26?;/m1./s1. The Hall–Kier alpha value is -2.96. The molecule has 1 heterocycles. The number of carbonyl (C=O) groups is 3. The fourth-order valence-corrected chi connectivity index (χ4v) is 5.71. The van der Waals surface area contributed by atoms with Crippen molar-refractivity contribution in [2.24, 2.45) is 11.7 Å². The van der Waals surface area contributed by atoms with E-state index >= 15 is 0 Å². The Bertz CT molecular complexity index is 1210. The number of carbonyl (C=O) groups excluding carboxylic acids is 2. The summed E-state index contributed by atoms with van der Waals surface area (Å²) in [5, 5.41) is 11.6. The third-order valence-electron chi connectivity index (χ3n) is 6.56. The van der Waals surface area contributed by atoms with Crippen LogP contribution < -0.4 is 16.0 Å². The van der Waals surface area contributed by atoms with Gasteiger partial charge in [0.2, 0.25) is 5.91 Å². The molecule has 3 atom stereocenters. The minimum atomic E-state index is -1.30. The number of thioether (sulfide) groups is 1. The van der Waals surface area contributed by atoms with Crippen molar-refractivity contribution in [3.8, 4) is 0 Å². The molecular weight excluding hydrogens is 569 g/mol. The van der Waals surface area contributed by atoms with Crippen molar-refractivity contribution in [2.45, 2.75) is 50.7 Å². The van der Waals surface area contributed by atoms with E-state index in [1.54, 1.807) is 36.2 Å². The first kappa shape index (κ1) is 33.2. The molecule has 1 saturated heterocycles. The van der Waals surface area contributed by atoms with Crippen molar-refractivity contribution in [3.05, 3.63) is 65.0 Å². The summed E-state index contributed by atoms with van der Waals surface area (Å²) >= 11 is 1.31. The molecule has 8 nitrogen and oxygen atoms in total. The molecule has 13 heteroatoms. The van der Waals surface area contributed by atoms with E-state index in [1.165, 1.54) is 16.7 Å². The normalized spacial score (nSPS) is 16.3. The topological polar surface area (TPSA) is 116 Å². The van der Waals surface area contributed by atoms with Gasteiger partial charge in [-0.25, -0.2) is 18.0 Å². The van der Waals surface area contributed by atoms with Gasteiger partial charge in [0.1, 0.15) is 11.9 Å². The van der Waals surface area contributed by atoms with E-state index in [0.717, 1.165) is 17.3 Å². The zero-order chi connectivity index (χ0) is 28.9. The Morgan fingerprint density at radius 2 is 1.75 bits per heavy atom. The zero-order valence-corrected chi connectivity index (χ0v) is 24.0. The van der Waals surface area contributed by atoms with E-state index in [9.17, 15) is 32.7 Å². The van der Waals surface area contributed by atoms with Crippen LogP contribution in [0, 0.1) is 23.4 Å². The molecule has 2 amide bonds. The van der Waals surface area contributed by atoms with Gasteiger partial charge in [-0.15, -0.1) is 24.2 Å². The van der Waals surface area contributed by atoms with Crippen LogP contribution in [0.25, 0.3) is 0 Å². The van der Waals surface area contributed by atoms with E-state index in [-0.39, 0.29) is 55.1 Å². The summed E-state index contributed by atoms with van der Waals surface area (Å²) in [6, 6.07) is 6.83. The summed E-state index contributed by atoms with van der Waals surface area (Å²) < 4.78 is 40.6. The number of likely N-dealkylation sites (N-methyl/N-ethyl adjacent to an activating group) is 1. The second-order valence-corrected chi connectivity index (χ2v) is 11.0. The van der Waals surface area contributed by atoms with E-state index in [1.807, 2.05) is 13.8 Å². The van der Waals surface area contributed by atoms with Gasteiger partial charge < -0.3 is 26.0 Å². The second-order valence-electron chi connectivity index (χ2n) is 9.86. The lowest BCUT2D eigenvalue weighted by Gasteiger charge is -2.29. The number of carboxylic acid groups (broad SMARTS) is 1. The molecule has 2 unspecified atom stereocenters. The number of amides is 2. The Balaban J connectivity index is 0.00000560. The maximum atomic E-state index is 13.9. The van der Waals surface area contributed by atoms with Gasteiger partial charge in [0.25, 0.3) is 5.91 Å². The first-order chi connectivity index (χ1) is 18.4. The number of carboxylic acids is 1. The maximum Gasteiger partial charge on any atom is 0.326 e. The largest absolute Gasteiger partial charge is 0.480 e. The van der Waals surface area contributed by atoms with Crippen LogP contribution in [0.4, 0.5) is 18.9 Å². The fourth-order valence-electron chi connectivity index (χ4n) is 4.54. The van der Waals surface area contributed by atoms with Gasteiger partial charge in [-0.2, -0.15) is 0 Å². The number of halogens is 4. The van der Waals surface area contributed by atoms with Gasteiger partial charge in [-0.05, 0) is 41.7 Å². The molecule has 1 aliphatic rings. The highest BCUT2D eigenvalue weighted by atomic mass is 35.5. The Morgan fingerprint density at radius 1 is 1.12 bits per heavy atom. The summed E-state index contributed by atoms with van der Waals surface area (Å²) in [5.41, 5.74) is 7.40. The van der Waals surface area contributed by atoms with Crippen molar-refractivity contribution >= 4 is 47.6 Å². The van der Waals surface area contributed by atoms with E-state index < -0.39 is 40.9 Å². The van der Waals surface area contributed by atoms with Crippen LogP contribution in [0.2, 0.25) is 0 Å². The van der Waals surface area contributed by atoms with Crippen molar-refractivity contribution in [1.29, 1.82) is 0 Å². The van der Waals surface area contributed by atoms with Crippen LogP contribution >= 0.6 is 24.2 Å². The van der Waals surface area contributed by atoms with Gasteiger partial charge in [0, 0.05) is 50.1 Å². The van der Waals surface area contributed by atoms with Gasteiger partial charge in [-0.3, -0.25) is 9.59 Å². The van der Waals surface area contributed by atoms with Crippen molar-refractivity contribution in [3.63, 3.8) is 0 Å². The third kappa shape index (κ3) is 8.28. The van der Waals surface area contributed by atoms with Crippen molar-refractivity contribution < 1.29 is 32.7 Å². The number of hydrogen-bond acceptors (Lipinski definition) is 6. The molecule has 4 N–H and O–H groups in total. The number of rotatable bonds is 11. The first-order valence-corrected chi connectivity index (χ1v) is 13.6. The molecule has 0 spiro atoms. The van der Waals surface area contributed by atoms with Crippen LogP contribution in [0.15, 0.2) is 36.4 Å². The molecule has 1 aliphatic heterocycles. The maximum absolute atomic E-state index is 13.9. The number of benzene rings is 2. The van der Waals surface area contributed by atoms with Crippen molar-refractivity contribution in [1.82, 2.24) is 10.2 Å². The molecule has 2 aromatic rings. The predicted octanol–water partition coefficient (Wildman–Crippen LogP) is 3.55. The lowest BCUT2D eigenvalue weighted by molar-refractivity contribution is -0.139. The molecule has 1 fully saturated rings. The summed E-state index contributed by atoms with van der Waals surface area (Å²) in [6.45, 7) is 4.24. The number of aliphatic carboxylic acids is 1. The highest BCUT2D eigenvalue weighted by Crippen LogP contribution is 2.26. The number of nitrogens with two attached hydrogens (primary N) is 1. The smallest absolute Gasteiger partial charge is 0.326 e. The quantitative estimate of drug-likeness (QED) is 0.337. The molecule has 0 saturated carbocycles. The minimum absolute atomic E-state index is 0. The number of anilines is 1. The van der Waals surface area contributed by atoms with Crippen LogP contribution in [0.3, 0.4) is 0 Å². The molecule has 0 bridgehead atoms. The SMILES string of the molecule is CC(C)C(C(=O)O)N(C)c1ccc(CNC(=O)C2SCCN2C(=O)C[C@H](N)Cc2cc(F)c(F)cc2F)cc1.Cl. The molecule has 0 aromatic heterocycles. The van der Waals surface area contributed by atoms with E-state index in [2.05, 4.69) is 5.32 Å². The summed E-state index contributed by atoms with van der Waals surface area (Å²) in [4.78, 5) is 40.5. The van der Waals surface area contributed by atoms with Gasteiger partial charge >= 0.3 is 5.97 Å². The van der Waals surface area contributed by atoms with E-state index in [4.69, 9.17) is 5.73 Å². The Kier molecular flexibility index (Phi) is 12.1. The minimum Gasteiger partial charge on any atom is -0.480 e. The van der Waals surface area contributed by atoms with Gasteiger partial charge in [0.15, 0.2) is 17.0 Å². The van der Waals surface area contributed by atoms with Crippen LogP contribution in [-0.4, -0.2) is 64.6 Å². The van der Waals surface area contributed by atoms with E-state index in [0.29, 0.717) is 18.4 Å². The highest BCUT2D eigenvalue weighted by Gasteiger charge is 2.35. The van der Waals surface area contributed by atoms with Gasteiger partial charge in [-0.1, -0.05) is 26.0 Å².